The quantitative estimate of drug-likeness (QED) is 0.0276. The Morgan fingerprint density at radius 1 is 0.491 bits per heavy atom. The SMILES string of the molecule is CCOC(=O)c1cnc2[nH]ccc2c1N[C@@H]1CCCN(C(=O)CC#N)C1.CCOC(=O)c1cnc2[nH]ccc2c1N[C@@H]1CCCN(CCC#N)C1.COC(=O)c1cnc2[nH]ccc2c1N[C@H]1CN(C(=O)CC#N)CC[C@H]1C.C[C@@H]1CCN(C(=O)CC#N)C[C@@H]1Nc1c(C(=O)OC(C)(C)C)cnc2[nH]ccc12. The van der Waals surface area contributed by atoms with Crippen molar-refractivity contribution >= 4 is 108 Å². The Bertz CT molecular complexity index is 4600. The standard InChI is InChI=1S/C21H27N5O3.2C18H21N5O3.C18H23N5O2/c1-13-7-10-26(17(27)5-8-22)12-16(13)25-18-14-6-9-23-19(14)24-11-15(18)20(28)29-21(2,3)4;1-11-5-8-23(15(24)3-6-19)10-14(11)22-16-12-4-7-20-17(12)21-9-13(16)18(25)26-2;1-2-26-18(25)14-10-21-17-13(6-8-20-17)16(14)22-12-4-3-9-23(11-12)15(24)5-7-19;1-2-25-18(24)15-11-21-17-14(6-8-20-17)16(15)22-13-5-3-9-23(12-13)10-4-7-19/h6,9,11,13,16H,5,7,10,12H2,1-4H3,(H2,23,24,25);4,7,9,11,14H,3,5,8,10H2,1-2H3,(H2,20,21,22);6,8,10,12H,2-5,9,11H2,1H3,(H2,20,21,22);6,8,11,13H,2-5,9-10,12H2,1H3,(H2,20,21,22)/t13-,16+;11-,14+;12-;13-/m1111/s1. The summed E-state index contributed by atoms with van der Waals surface area (Å²) in [6, 6.07) is 15.5. The van der Waals surface area contributed by atoms with E-state index in [-0.39, 0.29) is 79.6 Å². The second kappa shape index (κ2) is 37.0. The molecule has 558 valence electrons. The molecule has 31 nitrogen and oxygen atoms in total. The van der Waals surface area contributed by atoms with Gasteiger partial charge in [-0.3, -0.25) is 14.4 Å². The number of aromatic nitrogens is 8. The molecule has 0 radical (unpaired) electrons. The average Bonchev–Trinajstić information content (AvgIpc) is 1.53. The summed E-state index contributed by atoms with van der Waals surface area (Å²) in [5.41, 5.74) is 6.41. The number of pyridine rings is 4. The lowest BCUT2D eigenvalue weighted by Gasteiger charge is -2.38. The zero-order valence-electron chi connectivity index (χ0n) is 61.1. The molecule has 8 aromatic heterocycles. The highest BCUT2D eigenvalue weighted by molar-refractivity contribution is 6.07. The van der Waals surface area contributed by atoms with E-state index >= 15 is 0 Å². The van der Waals surface area contributed by atoms with Crippen LogP contribution in [0.25, 0.3) is 44.1 Å². The first-order chi connectivity index (χ1) is 51.1. The number of anilines is 4. The normalized spacial score (nSPS) is 18.6. The molecular weight excluding hydrogens is 1360 g/mol. The fourth-order valence-electron chi connectivity index (χ4n) is 13.3. The van der Waals surface area contributed by atoms with Crippen molar-refractivity contribution in [2.45, 2.75) is 142 Å². The summed E-state index contributed by atoms with van der Waals surface area (Å²) in [7, 11) is 1.33. The van der Waals surface area contributed by atoms with Crippen molar-refractivity contribution in [1.82, 2.24) is 59.5 Å². The van der Waals surface area contributed by atoms with E-state index in [0.717, 1.165) is 91.0 Å². The number of likely N-dealkylation sites (tertiary alicyclic amines) is 4. The van der Waals surface area contributed by atoms with Gasteiger partial charge in [0.05, 0.1) is 67.3 Å². The number of esters is 4. The van der Waals surface area contributed by atoms with Gasteiger partial charge >= 0.3 is 23.9 Å². The summed E-state index contributed by atoms with van der Waals surface area (Å²) in [6.45, 7) is 19.9. The molecule has 6 atom stereocenters. The van der Waals surface area contributed by atoms with Crippen LogP contribution in [0.15, 0.2) is 73.8 Å². The third-order valence-electron chi connectivity index (χ3n) is 18.8. The summed E-state index contributed by atoms with van der Waals surface area (Å²) in [6.07, 6.45) is 18.8. The Hall–Kier alpha value is -11.8. The molecule has 31 heteroatoms. The predicted octanol–water partition coefficient (Wildman–Crippen LogP) is 9.58. The summed E-state index contributed by atoms with van der Waals surface area (Å²) < 4.78 is 20.8. The maximum atomic E-state index is 12.8. The number of hydrogen-bond donors (Lipinski definition) is 8. The number of aromatic amines is 4. The van der Waals surface area contributed by atoms with E-state index < -0.39 is 23.5 Å². The highest BCUT2D eigenvalue weighted by Crippen LogP contribution is 2.35. The molecule has 0 unspecified atom stereocenters. The van der Waals surface area contributed by atoms with Gasteiger partial charge in [0, 0.05) is 154 Å². The number of nitrogens with zero attached hydrogens (tertiary/aromatic N) is 12. The van der Waals surface area contributed by atoms with Gasteiger partial charge in [0.2, 0.25) is 17.7 Å². The van der Waals surface area contributed by atoms with Gasteiger partial charge in [-0.2, -0.15) is 21.0 Å². The van der Waals surface area contributed by atoms with Crippen LogP contribution in [0.5, 0.6) is 0 Å². The number of nitriles is 4. The van der Waals surface area contributed by atoms with Gasteiger partial charge in [-0.25, -0.2) is 39.1 Å². The number of amides is 3. The molecule has 3 amide bonds. The number of rotatable bonds is 19. The van der Waals surface area contributed by atoms with Crippen LogP contribution in [0.4, 0.5) is 22.7 Å². The van der Waals surface area contributed by atoms with Crippen molar-refractivity contribution in [2.24, 2.45) is 11.8 Å². The fourth-order valence-corrected chi connectivity index (χ4v) is 13.3. The van der Waals surface area contributed by atoms with Gasteiger partial charge in [0.1, 0.15) is 69.7 Å². The van der Waals surface area contributed by atoms with Crippen LogP contribution >= 0.6 is 0 Å². The second-order valence-electron chi connectivity index (χ2n) is 27.3. The third-order valence-corrected chi connectivity index (χ3v) is 18.8. The van der Waals surface area contributed by atoms with Gasteiger partial charge in [0.25, 0.3) is 0 Å². The Labute approximate surface area is 614 Å². The Morgan fingerprint density at radius 2 is 0.858 bits per heavy atom. The summed E-state index contributed by atoms with van der Waals surface area (Å²) in [4.78, 5) is 123. The van der Waals surface area contributed by atoms with Crippen LogP contribution in [0.2, 0.25) is 0 Å². The van der Waals surface area contributed by atoms with E-state index in [1.165, 1.54) is 25.7 Å². The smallest absolute Gasteiger partial charge is 0.342 e. The minimum atomic E-state index is -0.625. The van der Waals surface area contributed by atoms with Crippen LogP contribution in [-0.4, -0.2) is 210 Å². The molecule has 4 saturated heterocycles. The van der Waals surface area contributed by atoms with Gasteiger partial charge < -0.3 is 79.8 Å². The van der Waals surface area contributed by atoms with E-state index in [4.69, 9.17) is 40.0 Å². The lowest BCUT2D eigenvalue weighted by atomic mass is 9.92. The molecular formula is C75H92N20O11. The van der Waals surface area contributed by atoms with Gasteiger partial charge in [0.15, 0.2) is 0 Å². The second-order valence-corrected chi connectivity index (χ2v) is 27.3. The lowest BCUT2D eigenvalue weighted by molar-refractivity contribution is -0.132. The molecule has 4 aliphatic rings. The molecule has 4 fully saturated rings. The lowest BCUT2D eigenvalue weighted by Crippen LogP contribution is -2.49. The number of methoxy groups -OCH3 is 1. The zero-order valence-corrected chi connectivity index (χ0v) is 61.1. The molecule has 8 N–H and O–H groups in total. The molecule has 12 heterocycles. The molecule has 0 bridgehead atoms. The Kier molecular flexibility index (Phi) is 27.4. The zero-order chi connectivity index (χ0) is 76.0. The summed E-state index contributed by atoms with van der Waals surface area (Å²) in [5, 5.41) is 52.3. The molecule has 8 aromatic rings. The van der Waals surface area contributed by atoms with Gasteiger partial charge in [-0.15, -0.1) is 0 Å². The molecule has 12 rings (SSSR count). The monoisotopic (exact) mass is 1450 g/mol. The van der Waals surface area contributed by atoms with Crippen molar-refractivity contribution in [1.29, 1.82) is 21.0 Å². The van der Waals surface area contributed by atoms with Gasteiger partial charge in [-0.05, 0) is 116 Å². The number of ether oxygens (including phenoxy) is 4. The average molecular weight is 1450 g/mol. The minimum Gasteiger partial charge on any atom is -0.465 e. The van der Waals surface area contributed by atoms with Crippen molar-refractivity contribution in [2.75, 3.05) is 100 Å². The van der Waals surface area contributed by atoms with Crippen LogP contribution in [-0.2, 0) is 33.3 Å². The van der Waals surface area contributed by atoms with Crippen molar-refractivity contribution in [3.63, 3.8) is 0 Å². The van der Waals surface area contributed by atoms with Crippen LogP contribution in [0.3, 0.4) is 0 Å². The first kappa shape index (κ1) is 78.3. The van der Waals surface area contributed by atoms with Crippen molar-refractivity contribution in [3.8, 4) is 24.3 Å². The highest BCUT2D eigenvalue weighted by atomic mass is 16.6. The minimum absolute atomic E-state index is 0.0138. The molecule has 106 heavy (non-hydrogen) atoms. The summed E-state index contributed by atoms with van der Waals surface area (Å²) in [5.74, 6) is -1.62. The van der Waals surface area contributed by atoms with Crippen LogP contribution < -0.4 is 21.3 Å². The number of fused-ring (bicyclic) bond motifs is 4. The number of nitrogens with one attached hydrogen (secondary N) is 8. The Balaban J connectivity index is 0.000000164. The first-order valence-electron chi connectivity index (χ1n) is 35.7. The van der Waals surface area contributed by atoms with E-state index in [1.807, 2.05) is 69.4 Å². The van der Waals surface area contributed by atoms with Crippen molar-refractivity contribution < 1.29 is 52.5 Å². The molecule has 0 aromatic carbocycles. The molecule has 0 spiro atoms. The predicted molar refractivity (Wildman–Crippen MR) is 396 cm³/mol. The van der Waals surface area contributed by atoms with E-state index in [1.54, 1.807) is 53.3 Å². The number of carbonyl (C=O) groups is 7. The fraction of sp³-hybridized carbons (Fsp3) is 0.480. The topological polar surface area (TPSA) is 427 Å². The number of hydrogen-bond acceptors (Lipinski definition) is 24. The van der Waals surface area contributed by atoms with Crippen LogP contribution in [0.1, 0.15) is 154 Å². The molecule has 4 aliphatic heterocycles. The van der Waals surface area contributed by atoms with E-state index in [2.05, 4.69) is 86.0 Å². The Morgan fingerprint density at radius 3 is 1.24 bits per heavy atom. The number of H-pyrrole nitrogens is 4. The third kappa shape index (κ3) is 19.9. The summed E-state index contributed by atoms with van der Waals surface area (Å²) >= 11 is 0. The van der Waals surface area contributed by atoms with E-state index in [9.17, 15) is 33.6 Å². The number of piperidine rings is 4. The maximum absolute atomic E-state index is 12.8. The first-order valence-corrected chi connectivity index (χ1v) is 35.7. The molecule has 0 saturated carbocycles. The molecule has 0 aliphatic carbocycles. The van der Waals surface area contributed by atoms with Gasteiger partial charge in [-0.1, -0.05) is 13.8 Å². The largest absolute Gasteiger partial charge is 0.465 e. The van der Waals surface area contributed by atoms with Crippen LogP contribution in [0, 0.1) is 57.2 Å². The maximum Gasteiger partial charge on any atom is 0.342 e. The number of carbonyl (C=O) groups excluding carboxylic acids is 7. The van der Waals surface area contributed by atoms with E-state index in [0.29, 0.717) is 114 Å². The van der Waals surface area contributed by atoms with Crippen molar-refractivity contribution in [3.05, 3.63) is 96.1 Å². The highest BCUT2D eigenvalue weighted by Gasteiger charge is 2.34.